The number of nitrogens with one attached hydrogen (secondary N) is 2. The van der Waals surface area contributed by atoms with Gasteiger partial charge in [-0.15, -0.1) is 0 Å². The van der Waals surface area contributed by atoms with Crippen molar-refractivity contribution in [3.8, 4) is 0 Å². The highest BCUT2D eigenvalue weighted by Gasteiger charge is 2.03. The minimum atomic E-state index is -0.172. The minimum Gasteiger partial charge on any atom is -0.367 e. The van der Waals surface area contributed by atoms with E-state index in [-0.39, 0.29) is 12.5 Å². The number of hydrogen-bond donors (Lipinski definition) is 2. The maximum absolute atomic E-state index is 11.1. The Balaban J connectivity index is 2.37. The maximum Gasteiger partial charge on any atom is 0.260 e. The predicted octanol–water partition coefficient (Wildman–Crippen LogP) is 1.97. The zero-order chi connectivity index (χ0) is 13.4. The fraction of sp³-hybridized carbons (Fsp3) is 0.500. The lowest BCUT2D eigenvalue weighted by Gasteiger charge is -2.10. The van der Waals surface area contributed by atoms with E-state index in [1.807, 2.05) is 0 Å². The third-order valence-electron chi connectivity index (χ3n) is 2.93. The molecule has 1 amide bonds. The van der Waals surface area contributed by atoms with E-state index in [4.69, 9.17) is 4.74 Å². The molecule has 1 rings (SSSR count). The van der Waals surface area contributed by atoms with Gasteiger partial charge in [0, 0.05) is 7.05 Å². The molecule has 1 aromatic carbocycles. The van der Waals surface area contributed by atoms with Crippen LogP contribution in [0, 0.1) is 0 Å². The normalized spacial score (nSPS) is 12.2. The van der Waals surface area contributed by atoms with Gasteiger partial charge in [-0.2, -0.15) is 0 Å². The minimum absolute atomic E-state index is 0.0634. The molecule has 4 nitrogen and oxygen atoms in total. The first-order valence-electron chi connectivity index (χ1n) is 6.29. The second kappa shape index (κ2) is 7.84. The Kier molecular flexibility index (Phi) is 6.39. The second-order valence-electron chi connectivity index (χ2n) is 4.34. The highest BCUT2D eigenvalue weighted by molar-refractivity contribution is 5.76. The zero-order valence-corrected chi connectivity index (χ0v) is 11.3. The van der Waals surface area contributed by atoms with Crippen molar-refractivity contribution >= 4 is 5.91 Å². The molecule has 0 saturated carbocycles. The molecule has 0 aliphatic rings. The summed E-state index contributed by atoms with van der Waals surface area (Å²) in [4.78, 5) is 11.1. The number of hydrazine groups is 1. The van der Waals surface area contributed by atoms with Crippen LogP contribution in [0.2, 0.25) is 0 Å². The Hall–Kier alpha value is -1.39. The van der Waals surface area contributed by atoms with Crippen molar-refractivity contribution in [1.29, 1.82) is 0 Å². The standard InChI is InChI=1S/C14H22N2O2/c1-4-11(2)13-7-5-12(6-8-13)9-18-10-14(17)16-15-3/h5-8,11,15H,4,9-10H2,1-3H3,(H,16,17). The third-order valence-corrected chi connectivity index (χ3v) is 2.93. The summed E-state index contributed by atoms with van der Waals surface area (Å²) in [6.45, 7) is 4.92. The van der Waals surface area contributed by atoms with E-state index in [1.165, 1.54) is 5.56 Å². The van der Waals surface area contributed by atoms with Crippen molar-refractivity contribution in [2.45, 2.75) is 32.8 Å². The Morgan fingerprint density at radius 2 is 2.00 bits per heavy atom. The Morgan fingerprint density at radius 1 is 1.33 bits per heavy atom. The summed E-state index contributed by atoms with van der Waals surface area (Å²) >= 11 is 0. The summed E-state index contributed by atoms with van der Waals surface area (Å²) in [7, 11) is 1.64. The molecule has 1 aromatic rings. The number of carbonyl (C=O) groups excluding carboxylic acids is 1. The number of rotatable bonds is 7. The SMILES string of the molecule is CCC(C)c1ccc(COCC(=O)NNC)cc1. The third kappa shape index (κ3) is 4.85. The monoisotopic (exact) mass is 250 g/mol. The molecular formula is C14H22N2O2. The number of hydrogen-bond acceptors (Lipinski definition) is 3. The summed E-state index contributed by atoms with van der Waals surface area (Å²) in [6.07, 6.45) is 1.14. The van der Waals surface area contributed by atoms with Crippen LogP contribution in [-0.2, 0) is 16.1 Å². The fourth-order valence-corrected chi connectivity index (χ4v) is 1.62. The Morgan fingerprint density at radius 3 is 2.56 bits per heavy atom. The van der Waals surface area contributed by atoms with E-state index in [0.29, 0.717) is 12.5 Å². The van der Waals surface area contributed by atoms with Gasteiger partial charge in [-0.05, 0) is 23.5 Å². The van der Waals surface area contributed by atoms with Crippen molar-refractivity contribution in [3.05, 3.63) is 35.4 Å². The molecule has 0 aromatic heterocycles. The highest BCUT2D eigenvalue weighted by Crippen LogP contribution is 2.18. The molecule has 0 fully saturated rings. The molecule has 1 atom stereocenters. The molecule has 4 heteroatoms. The molecule has 0 spiro atoms. The zero-order valence-electron chi connectivity index (χ0n) is 11.3. The van der Waals surface area contributed by atoms with E-state index in [2.05, 4.69) is 49.0 Å². The van der Waals surface area contributed by atoms with Crippen LogP contribution in [0.4, 0.5) is 0 Å². The molecule has 1 unspecified atom stereocenters. The van der Waals surface area contributed by atoms with Crippen molar-refractivity contribution in [2.24, 2.45) is 0 Å². The van der Waals surface area contributed by atoms with Crippen molar-refractivity contribution < 1.29 is 9.53 Å². The molecule has 0 bridgehead atoms. The lowest BCUT2D eigenvalue weighted by Crippen LogP contribution is -2.36. The summed E-state index contributed by atoms with van der Waals surface area (Å²) in [5.74, 6) is 0.412. The number of ether oxygens (including phenoxy) is 1. The fourth-order valence-electron chi connectivity index (χ4n) is 1.62. The van der Waals surface area contributed by atoms with Gasteiger partial charge in [-0.1, -0.05) is 38.1 Å². The quantitative estimate of drug-likeness (QED) is 0.727. The van der Waals surface area contributed by atoms with E-state index in [0.717, 1.165) is 12.0 Å². The molecule has 100 valence electrons. The molecule has 0 heterocycles. The molecule has 0 aliphatic heterocycles. The van der Waals surface area contributed by atoms with Gasteiger partial charge in [-0.3, -0.25) is 10.2 Å². The van der Waals surface area contributed by atoms with Crippen LogP contribution >= 0.6 is 0 Å². The van der Waals surface area contributed by atoms with Gasteiger partial charge in [0.05, 0.1) is 6.61 Å². The lowest BCUT2D eigenvalue weighted by molar-refractivity contribution is -0.126. The van der Waals surface area contributed by atoms with Gasteiger partial charge in [0.2, 0.25) is 0 Å². The molecule has 0 saturated heterocycles. The summed E-state index contributed by atoms with van der Waals surface area (Å²) in [5, 5.41) is 0. The maximum atomic E-state index is 11.1. The Labute approximate surface area is 109 Å². The van der Waals surface area contributed by atoms with Gasteiger partial charge < -0.3 is 4.74 Å². The number of benzene rings is 1. The van der Waals surface area contributed by atoms with Crippen LogP contribution < -0.4 is 10.9 Å². The van der Waals surface area contributed by atoms with E-state index in [1.54, 1.807) is 7.05 Å². The van der Waals surface area contributed by atoms with E-state index >= 15 is 0 Å². The van der Waals surface area contributed by atoms with E-state index < -0.39 is 0 Å². The van der Waals surface area contributed by atoms with Crippen LogP contribution in [0.5, 0.6) is 0 Å². The number of carbonyl (C=O) groups is 1. The topological polar surface area (TPSA) is 50.4 Å². The summed E-state index contributed by atoms with van der Waals surface area (Å²) in [5.41, 5.74) is 7.44. The van der Waals surface area contributed by atoms with Crippen LogP contribution in [0.25, 0.3) is 0 Å². The first-order valence-corrected chi connectivity index (χ1v) is 6.29. The highest BCUT2D eigenvalue weighted by atomic mass is 16.5. The molecule has 2 N–H and O–H groups in total. The average molecular weight is 250 g/mol. The molecule has 0 radical (unpaired) electrons. The second-order valence-corrected chi connectivity index (χ2v) is 4.34. The summed E-state index contributed by atoms with van der Waals surface area (Å²) < 4.78 is 5.31. The lowest BCUT2D eigenvalue weighted by atomic mass is 9.98. The largest absolute Gasteiger partial charge is 0.367 e. The van der Waals surface area contributed by atoms with Crippen molar-refractivity contribution in [2.75, 3.05) is 13.7 Å². The van der Waals surface area contributed by atoms with E-state index in [9.17, 15) is 4.79 Å². The van der Waals surface area contributed by atoms with Gasteiger partial charge in [0.25, 0.3) is 5.91 Å². The first-order chi connectivity index (χ1) is 8.67. The van der Waals surface area contributed by atoms with Crippen LogP contribution in [-0.4, -0.2) is 19.6 Å². The summed E-state index contributed by atoms with van der Waals surface area (Å²) in [6, 6.07) is 8.36. The van der Waals surface area contributed by atoms with Gasteiger partial charge >= 0.3 is 0 Å². The van der Waals surface area contributed by atoms with Crippen LogP contribution in [0.15, 0.2) is 24.3 Å². The molecule has 0 aliphatic carbocycles. The average Bonchev–Trinajstić information content (AvgIpc) is 2.39. The van der Waals surface area contributed by atoms with Crippen molar-refractivity contribution in [3.63, 3.8) is 0 Å². The first kappa shape index (κ1) is 14.7. The molecule has 18 heavy (non-hydrogen) atoms. The predicted molar refractivity (Wildman–Crippen MR) is 72.0 cm³/mol. The smallest absolute Gasteiger partial charge is 0.260 e. The van der Waals surface area contributed by atoms with Gasteiger partial charge in [0.15, 0.2) is 0 Å². The van der Waals surface area contributed by atoms with Gasteiger partial charge in [-0.25, -0.2) is 5.43 Å². The van der Waals surface area contributed by atoms with Gasteiger partial charge in [0.1, 0.15) is 6.61 Å². The van der Waals surface area contributed by atoms with Crippen LogP contribution in [0.3, 0.4) is 0 Å². The van der Waals surface area contributed by atoms with Crippen LogP contribution in [0.1, 0.15) is 37.3 Å². The van der Waals surface area contributed by atoms with Crippen molar-refractivity contribution in [1.82, 2.24) is 10.9 Å². The number of amides is 1. The Bertz CT molecular complexity index is 363. The molecular weight excluding hydrogens is 228 g/mol.